The van der Waals surface area contributed by atoms with Crippen molar-refractivity contribution in [2.75, 3.05) is 12.4 Å². The summed E-state index contributed by atoms with van der Waals surface area (Å²) in [7, 11) is 0. The van der Waals surface area contributed by atoms with Crippen LogP contribution in [0.4, 0.5) is 5.69 Å². The van der Waals surface area contributed by atoms with Gasteiger partial charge >= 0.3 is 5.76 Å². The van der Waals surface area contributed by atoms with Crippen molar-refractivity contribution in [3.8, 4) is 17.2 Å². The third-order valence-electron chi connectivity index (χ3n) is 4.44. The van der Waals surface area contributed by atoms with Crippen LogP contribution in [0.1, 0.15) is 13.3 Å². The largest absolute Gasteiger partial charge is 0.493 e. The molecule has 160 valence electrons. The second-order valence-electron chi connectivity index (χ2n) is 6.43. The van der Waals surface area contributed by atoms with E-state index in [-0.39, 0.29) is 5.69 Å². The van der Waals surface area contributed by atoms with Gasteiger partial charge in [0.15, 0.2) is 5.58 Å². The third kappa shape index (κ3) is 4.45. The minimum atomic E-state index is -0.548. The van der Waals surface area contributed by atoms with Crippen LogP contribution in [-0.2, 0) is 6.54 Å². The third-order valence-corrected chi connectivity index (χ3v) is 5.34. The fourth-order valence-corrected chi connectivity index (χ4v) is 3.74. The van der Waals surface area contributed by atoms with Gasteiger partial charge in [-0.05, 0) is 31.5 Å². The van der Waals surface area contributed by atoms with Crippen LogP contribution in [0.2, 0.25) is 0 Å². The maximum absolute atomic E-state index is 12.1. The molecule has 11 heteroatoms. The summed E-state index contributed by atoms with van der Waals surface area (Å²) in [6.45, 7) is 2.77. The number of nitro groups is 1. The highest BCUT2D eigenvalue weighted by atomic mass is 32.2. The number of para-hydroxylation sites is 1. The summed E-state index contributed by atoms with van der Waals surface area (Å²) in [5.41, 5.74) is 1.35. The lowest BCUT2D eigenvalue weighted by atomic mass is 10.2. The van der Waals surface area contributed by atoms with Gasteiger partial charge in [0.05, 0.1) is 22.6 Å². The van der Waals surface area contributed by atoms with Crippen molar-refractivity contribution in [1.82, 2.24) is 14.8 Å². The molecule has 0 unspecified atom stereocenters. The van der Waals surface area contributed by atoms with E-state index in [4.69, 9.17) is 13.6 Å². The van der Waals surface area contributed by atoms with Crippen molar-refractivity contribution in [1.29, 1.82) is 0 Å². The first-order valence-electron chi connectivity index (χ1n) is 9.53. The standard InChI is InChI=1S/C20H18N4O6S/c1-2-28-16-7-4-3-6-14(16)18-21-22-19(30-18)31-11-5-10-23-15-12-13(24(26)27)8-9-17(15)29-20(23)25/h3-4,6-9,12H,2,5,10-11H2,1H3. The molecule has 0 aliphatic rings. The Hall–Kier alpha value is -3.60. The van der Waals surface area contributed by atoms with E-state index in [0.29, 0.717) is 53.3 Å². The van der Waals surface area contributed by atoms with Gasteiger partial charge in [0.1, 0.15) is 5.75 Å². The fraction of sp³-hybridized carbons (Fsp3) is 0.250. The van der Waals surface area contributed by atoms with E-state index >= 15 is 0 Å². The first-order valence-corrected chi connectivity index (χ1v) is 10.5. The molecule has 0 atom stereocenters. The number of hydrogen-bond acceptors (Lipinski definition) is 9. The Kier molecular flexibility index (Phi) is 6.03. The first kappa shape index (κ1) is 20.7. The molecule has 4 aromatic rings. The van der Waals surface area contributed by atoms with Crippen molar-refractivity contribution in [2.45, 2.75) is 25.1 Å². The van der Waals surface area contributed by atoms with E-state index in [1.807, 2.05) is 31.2 Å². The highest BCUT2D eigenvalue weighted by Gasteiger charge is 2.15. The van der Waals surface area contributed by atoms with Gasteiger partial charge in [0.2, 0.25) is 0 Å². The number of aromatic nitrogens is 3. The van der Waals surface area contributed by atoms with E-state index in [2.05, 4.69) is 10.2 Å². The zero-order chi connectivity index (χ0) is 21.8. The maximum Gasteiger partial charge on any atom is 0.419 e. The van der Waals surface area contributed by atoms with E-state index in [9.17, 15) is 14.9 Å². The summed E-state index contributed by atoms with van der Waals surface area (Å²) < 4.78 is 17.9. The van der Waals surface area contributed by atoms with Crippen LogP contribution in [-0.4, -0.2) is 32.0 Å². The summed E-state index contributed by atoms with van der Waals surface area (Å²) in [5, 5.41) is 19.5. The van der Waals surface area contributed by atoms with Crippen molar-refractivity contribution >= 4 is 28.5 Å². The van der Waals surface area contributed by atoms with Crippen LogP contribution in [0, 0.1) is 10.1 Å². The number of hydrogen-bond donors (Lipinski definition) is 0. The van der Waals surface area contributed by atoms with Crippen LogP contribution in [0.3, 0.4) is 0 Å². The monoisotopic (exact) mass is 442 g/mol. The number of non-ortho nitro benzene ring substituents is 1. The fourth-order valence-electron chi connectivity index (χ4n) is 3.06. The number of thioether (sulfide) groups is 1. The molecule has 10 nitrogen and oxygen atoms in total. The summed E-state index contributed by atoms with van der Waals surface area (Å²) in [4.78, 5) is 22.6. The van der Waals surface area contributed by atoms with Crippen LogP contribution in [0.5, 0.6) is 5.75 Å². The smallest absolute Gasteiger partial charge is 0.419 e. The molecule has 2 aromatic carbocycles. The average molecular weight is 442 g/mol. The second-order valence-corrected chi connectivity index (χ2v) is 7.48. The highest BCUT2D eigenvalue weighted by Crippen LogP contribution is 2.31. The molecule has 31 heavy (non-hydrogen) atoms. The van der Waals surface area contributed by atoms with E-state index in [1.54, 1.807) is 0 Å². The molecule has 0 bridgehead atoms. The van der Waals surface area contributed by atoms with Crippen molar-refractivity contribution < 1.29 is 18.5 Å². The molecule has 0 radical (unpaired) electrons. The number of ether oxygens (including phenoxy) is 1. The predicted octanol–water partition coefficient (Wildman–Crippen LogP) is 4.13. The zero-order valence-electron chi connectivity index (χ0n) is 16.5. The van der Waals surface area contributed by atoms with Crippen molar-refractivity contribution in [3.63, 3.8) is 0 Å². The molecule has 0 spiro atoms. The maximum atomic E-state index is 12.1. The number of nitrogens with zero attached hydrogens (tertiary/aromatic N) is 4. The number of fused-ring (bicyclic) bond motifs is 1. The summed E-state index contributed by atoms with van der Waals surface area (Å²) in [6.07, 6.45) is 0.592. The normalized spacial score (nSPS) is 11.1. The number of nitro benzene ring substituents is 1. The topological polar surface area (TPSA) is 126 Å². The van der Waals surface area contributed by atoms with Crippen LogP contribution < -0.4 is 10.5 Å². The number of oxazole rings is 1. The van der Waals surface area contributed by atoms with Gasteiger partial charge in [-0.3, -0.25) is 14.7 Å². The van der Waals surface area contributed by atoms with Gasteiger partial charge in [-0.15, -0.1) is 10.2 Å². The minimum absolute atomic E-state index is 0.0952. The molecule has 0 saturated heterocycles. The van der Waals surface area contributed by atoms with Gasteiger partial charge < -0.3 is 13.6 Å². The second kappa shape index (κ2) is 9.04. The molecule has 0 aliphatic heterocycles. The quantitative estimate of drug-likeness (QED) is 0.163. The number of aryl methyl sites for hydroxylation is 1. The SMILES string of the molecule is CCOc1ccccc1-c1nnc(SCCCn2c(=O)oc3ccc([N+](=O)[O-])cc32)o1. The minimum Gasteiger partial charge on any atom is -0.493 e. The van der Waals surface area contributed by atoms with Crippen molar-refractivity contribution in [3.05, 3.63) is 63.1 Å². The van der Waals surface area contributed by atoms with Gasteiger partial charge in [-0.1, -0.05) is 23.9 Å². The van der Waals surface area contributed by atoms with Crippen LogP contribution >= 0.6 is 11.8 Å². The van der Waals surface area contributed by atoms with Crippen LogP contribution in [0.25, 0.3) is 22.6 Å². The summed E-state index contributed by atoms with van der Waals surface area (Å²) in [5.74, 6) is 1.09. The van der Waals surface area contributed by atoms with Gasteiger partial charge in [0, 0.05) is 24.4 Å². The molecule has 0 amide bonds. The Morgan fingerprint density at radius 1 is 1.19 bits per heavy atom. The lowest BCUT2D eigenvalue weighted by Crippen LogP contribution is -2.14. The van der Waals surface area contributed by atoms with E-state index in [0.717, 1.165) is 5.56 Å². The molecule has 0 N–H and O–H groups in total. The molecule has 0 saturated carbocycles. The Morgan fingerprint density at radius 2 is 2.03 bits per heavy atom. The molecule has 2 aromatic heterocycles. The van der Waals surface area contributed by atoms with E-state index in [1.165, 1.54) is 34.5 Å². The molecule has 2 heterocycles. The molecule has 0 fully saturated rings. The molecular formula is C20H18N4O6S. The molecule has 4 rings (SSSR count). The summed E-state index contributed by atoms with van der Waals surface area (Å²) in [6, 6.07) is 11.5. The van der Waals surface area contributed by atoms with E-state index < -0.39 is 10.7 Å². The Bertz CT molecular complexity index is 1280. The highest BCUT2D eigenvalue weighted by molar-refractivity contribution is 7.99. The van der Waals surface area contributed by atoms with Gasteiger partial charge in [-0.25, -0.2) is 4.79 Å². The number of benzene rings is 2. The first-order chi connectivity index (χ1) is 15.1. The molecule has 0 aliphatic carbocycles. The zero-order valence-corrected chi connectivity index (χ0v) is 17.3. The summed E-state index contributed by atoms with van der Waals surface area (Å²) >= 11 is 1.36. The van der Waals surface area contributed by atoms with Crippen LogP contribution in [0.15, 0.2) is 61.3 Å². The Balaban J connectivity index is 1.40. The molecular weight excluding hydrogens is 424 g/mol. The van der Waals surface area contributed by atoms with Crippen molar-refractivity contribution in [2.24, 2.45) is 0 Å². The van der Waals surface area contributed by atoms with Gasteiger partial charge in [-0.2, -0.15) is 0 Å². The predicted molar refractivity (Wildman–Crippen MR) is 113 cm³/mol. The lowest BCUT2D eigenvalue weighted by Gasteiger charge is -2.06. The Labute approximate surface area is 180 Å². The average Bonchev–Trinajstić information content (AvgIpc) is 3.35. The number of rotatable bonds is 9. The Morgan fingerprint density at radius 3 is 2.84 bits per heavy atom. The lowest BCUT2D eigenvalue weighted by molar-refractivity contribution is -0.384. The van der Waals surface area contributed by atoms with Gasteiger partial charge in [0.25, 0.3) is 16.8 Å².